The minimum absolute atomic E-state index is 0.0701. The van der Waals surface area contributed by atoms with Crippen LogP contribution in [0.3, 0.4) is 0 Å². The van der Waals surface area contributed by atoms with Crippen LogP contribution in [0.15, 0.2) is 36.7 Å². The van der Waals surface area contributed by atoms with Crippen molar-refractivity contribution in [2.75, 3.05) is 11.1 Å². The second-order valence-corrected chi connectivity index (χ2v) is 3.59. The number of nitrogen functional groups attached to an aromatic ring is 1. The maximum Gasteiger partial charge on any atom is 0.275 e. The van der Waals surface area contributed by atoms with Gasteiger partial charge in [-0.3, -0.25) is 14.9 Å². The van der Waals surface area contributed by atoms with E-state index in [-0.39, 0.29) is 17.2 Å². The van der Waals surface area contributed by atoms with E-state index in [0.717, 1.165) is 0 Å². The smallest absolute Gasteiger partial charge is 0.275 e. The number of nitro groups is 1. The molecule has 1 heterocycles. The van der Waals surface area contributed by atoms with Crippen molar-refractivity contribution in [2.24, 2.45) is 0 Å². The molecule has 0 saturated heterocycles. The van der Waals surface area contributed by atoms with Gasteiger partial charge in [-0.1, -0.05) is 6.07 Å². The van der Waals surface area contributed by atoms with Crippen molar-refractivity contribution < 1.29 is 9.72 Å². The van der Waals surface area contributed by atoms with Crippen molar-refractivity contribution in [3.63, 3.8) is 0 Å². The average Bonchev–Trinajstić information content (AvgIpc) is 2.39. The van der Waals surface area contributed by atoms with E-state index in [1.165, 1.54) is 36.7 Å². The molecule has 0 fully saturated rings. The zero-order valence-corrected chi connectivity index (χ0v) is 9.61. The van der Waals surface area contributed by atoms with Crippen LogP contribution in [0.5, 0.6) is 0 Å². The Morgan fingerprint density at radius 1 is 1.32 bits per heavy atom. The fraction of sp³-hybridized carbons (Fsp3) is 0. The lowest BCUT2D eigenvalue weighted by Crippen LogP contribution is -2.14. The van der Waals surface area contributed by atoms with Crippen molar-refractivity contribution in [1.82, 2.24) is 9.97 Å². The van der Waals surface area contributed by atoms with Crippen LogP contribution < -0.4 is 11.1 Å². The molecule has 19 heavy (non-hydrogen) atoms. The molecule has 8 nitrogen and oxygen atoms in total. The third-order valence-electron chi connectivity index (χ3n) is 2.22. The molecule has 0 unspecified atom stereocenters. The third kappa shape index (κ3) is 3.00. The van der Waals surface area contributed by atoms with Gasteiger partial charge in [-0.25, -0.2) is 9.97 Å². The van der Waals surface area contributed by atoms with Gasteiger partial charge in [-0.05, 0) is 6.07 Å². The molecular formula is C11H9N5O3. The Kier molecular flexibility index (Phi) is 3.33. The third-order valence-corrected chi connectivity index (χ3v) is 2.22. The Morgan fingerprint density at radius 3 is 2.74 bits per heavy atom. The second-order valence-electron chi connectivity index (χ2n) is 3.59. The minimum Gasteiger partial charge on any atom is -0.382 e. The number of nitrogens with two attached hydrogens (primary N) is 1. The van der Waals surface area contributed by atoms with E-state index in [0.29, 0.717) is 5.69 Å². The van der Waals surface area contributed by atoms with Crippen LogP contribution in [-0.4, -0.2) is 20.8 Å². The van der Waals surface area contributed by atoms with Gasteiger partial charge in [0.2, 0.25) is 0 Å². The predicted octanol–water partition coefficient (Wildman–Crippen LogP) is 1.22. The molecular weight excluding hydrogens is 250 g/mol. The number of rotatable bonds is 3. The van der Waals surface area contributed by atoms with Crippen LogP contribution >= 0.6 is 0 Å². The summed E-state index contributed by atoms with van der Waals surface area (Å²) in [7, 11) is 0. The molecule has 0 aliphatic carbocycles. The number of benzene rings is 1. The molecule has 0 spiro atoms. The number of anilines is 2. The first-order valence-corrected chi connectivity index (χ1v) is 5.19. The standard InChI is InChI=1S/C11H9N5O3/c12-10-6-13-9(5-14-10)11(17)15-7-2-1-3-8(4-7)16(18)19/h1-6H,(H2,12,14)(H,15,17). The van der Waals surface area contributed by atoms with Crippen molar-refractivity contribution in [1.29, 1.82) is 0 Å². The number of amides is 1. The lowest BCUT2D eigenvalue weighted by Gasteiger charge is -2.04. The van der Waals surface area contributed by atoms with Crippen LogP contribution in [0.4, 0.5) is 17.2 Å². The van der Waals surface area contributed by atoms with Crippen molar-refractivity contribution in [3.8, 4) is 0 Å². The first-order valence-electron chi connectivity index (χ1n) is 5.19. The van der Waals surface area contributed by atoms with Gasteiger partial charge in [-0.2, -0.15) is 0 Å². The summed E-state index contributed by atoms with van der Waals surface area (Å²) < 4.78 is 0. The number of aromatic nitrogens is 2. The Morgan fingerprint density at radius 2 is 2.11 bits per heavy atom. The van der Waals surface area contributed by atoms with Crippen molar-refractivity contribution >= 4 is 23.1 Å². The summed E-state index contributed by atoms with van der Waals surface area (Å²) in [5, 5.41) is 13.1. The molecule has 2 rings (SSSR count). The summed E-state index contributed by atoms with van der Waals surface area (Å²) in [6, 6.07) is 5.60. The molecule has 0 atom stereocenters. The molecule has 1 aromatic heterocycles. The summed E-state index contributed by atoms with van der Waals surface area (Å²) >= 11 is 0. The Labute approximate surface area is 107 Å². The van der Waals surface area contributed by atoms with Gasteiger partial charge < -0.3 is 11.1 Å². The van der Waals surface area contributed by atoms with Gasteiger partial charge in [0, 0.05) is 17.8 Å². The molecule has 8 heteroatoms. The van der Waals surface area contributed by atoms with Gasteiger partial charge in [-0.15, -0.1) is 0 Å². The largest absolute Gasteiger partial charge is 0.382 e. The number of non-ortho nitro benzene ring substituents is 1. The van der Waals surface area contributed by atoms with E-state index in [2.05, 4.69) is 15.3 Å². The van der Waals surface area contributed by atoms with E-state index in [9.17, 15) is 14.9 Å². The molecule has 0 bridgehead atoms. The number of nitrogens with one attached hydrogen (secondary N) is 1. The highest BCUT2D eigenvalue weighted by Crippen LogP contribution is 2.17. The lowest BCUT2D eigenvalue weighted by atomic mass is 10.2. The maximum absolute atomic E-state index is 11.8. The monoisotopic (exact) mass is 259 g/mol. The van der Waals surface area contributed by atoms with Gasteiger partial charge >= 0.3 is 0 Å². The number of hydrogen-bond donors (Lipinski definition) is 2. The highest BCUT2D eigenvalue weighted by atomic mass is 16.6. The van der Waals surface area contributed by atoms with Gasteiger partial charge in [0.05, 0.1) is 17.3 Å². The number of hydrogen-bond acceptors (Lipinski definition) is 6. The van der Waals surface area contributed by atoms with Gasteiger partial charge in [0.15, 0.2) is 0 Å². The fourth-order valence-corrected chi connectivity index (χ4v) is 1.35. The van der Waals surface area contributed by atoms with Crippen molar-refractivity contribution in [2.45, 2.75) is 0 Å². The van der Waals surface area contributed by atoms with Crippen LogP contribution in [0.25, 0.3) is 0 Å². The minimum atomic E-state index is -0.543. The van der Waals surface area contributed by atoms with E-state index >= 15 is 0 Å². The first kappa shape index (κ1) is 12.4. The van der Waals surface area contributed by atoms with E-state index in [4.69, 9.17) is 5.73 Å². The fourth-order valence-electron chi connectivity index (χ4n) is 1.35. The maximum atomic E-state index is 11.8. The second kappa shape index (κ2) is 5.08. The van der Waals surface area contributed by atoms with Crippen LogP contribution in [0.2, 0.25) is 0 Å². The number of nitrogens with zero attached hydrogens (tertiary/aromatic N) is 3. The zero-order chi connectivity index (χ0) is 13.8. The molecule has 1 aromatic carbocycles. The van der Waals surface area contributed by atoms with Gasteiger partial charge in [0.25, 0.3) is 11.6 Å². The van der Waals surface area contributed by atoms with E-state index in [1.807, 2.05) is 0 Å². The molecule has 1 amide bonds. The summed E-state index contributed by atoms with van der Waals surface area (Å²) in [6.45, 7) is 0. The van der Waals surface area contributed by atoms with Crippen LogP contribution in [0, 0.1) is 10.1 Å². The summed E-state index contributed by atoms with van der Waals surface area (Å²) in [5.74, 6) is -0.320. The van der Waals surface area contributed by atoms with Crippen LogP contribution in [-0.2, 0) is 0 Å². The molecule has 3 N–H and O–H groups in total. The lowest BCUT2D eigenvalue weighted by molar-refractivity contribution is -0.384. The van der Waals surface area contributed by atoms with Gasteiger partial charge in [0.1, 0.15) is 11.5 Å². The normalized spacial score (nSPS) is 9.89. The summed E-state index contributed by atoms with van der Waals surface area (Å²) in [4.78, 5) is 29.4. The molecule has 0 aliphatic rings. The van der Waals surface area contributed by atoms with Crippen molar-refractivity contribution in [3.05, 3.63) is 52.5 Å². The molecule has 0 saturated carbocycles. The van der Waals surface area contributed by atoms with Crippen LogP contribution in [0.1, 0.15) is 10.5 Å². The predicted molar refractivity (Wildman–Crippen MR) is 67.5 cm³/mol. The molecule has 96 valence electrons. The Balaban J connectivity index is 2.17. The SMILES string of the molecule is Nc1cnc(C(=O)Nc2cccc([N+](=O)[O-])c2)cn1. The summed E-state index contributed by atoms with van der Waals surface area (Å²) in [5.41, 5.74) is 5.62. The quantitative estimate of drug-likeness (QED) is 0.630. The molecule has 0 aliphatic heterocycles. The molecule has 2 aromatic rings. The van der Waals surface area contributed by atoms with E-state index < -0.39 is 10.8 Å². The molecule has 0 radical (unpaired) electrons. The Hall–Kier alpha value is -3.03. The zero-order valence-electron chi connectivity index (χ0n) is 9.61. The summed E-state index contributed by atoms with van der Waals surface area (Å²) in [6.07, 6.45) is 2.48. The number of carbonyl (C=O) groups excluding carboxylic acids is 1. The van der Waals surface area contributed by atoms with E-state index in [1.54, 1.807) is 0 Å². The Bertz CT molecular complexity index is 626. The topological polar surface area (TPSA) is 124 Å². The number of nitro benzene ring substituents is 1. The highest BCUT2D eigenvalue weighted by Gasteiger charge is 2.10. The average molecular weight is 259 g/mol. The highest BCUT2D eigenvalue weighted by molar-refractivity contribution is 6.02. The first-order chi connectivity index (χ1) is 9.06. The number of carbonyl (C=O) groups is 1.